The number of hydrogen-bond acceptors (Lipinski definition) is 4. The van der Waals surface area contributed by atoms with Crippen LogP contribution in [0.3, 0.4) is 0 Å². The van der Waals surface area contributed by atoms with E-state index in [1.807, 2.05) is 13.8 Å². The quantitative estimate of drug-likeness (QED) is 0.495. The van der Waals surface area contributed by atoms with Crippen molar-refractivity contribution in [3.63, 3.8) is 0 Å². The number of carbonyl (C=O) groups is 2. The average molecular weight is 529 g/mol. The fraction of sp³-hybridized carbons (Fsp3) is 0.417. The highest BCUT2D eigenvalue weighted by molar-refractivity contribution is 7.92. The van der Waals surface area contributed by atoms with E-state index < -0.39 is 28.5 Å². The van der Waals surface area contributed by atoms with Gasteiger partial charge in [-0.15, -0.1) is 0 Å². The summed E-state index contributed by atoms with van der Waals surface area (Å²) in [4.78, 5) is 27.7. The fourth-order valence-corrected chi connectivity index (χ4v) is 4.46. The highest BCUT2D eigenvalue weighted by atomic mass is 35.5. The molecule has 0 aliphatic heterocycles. The summed E-state index contributed by atoms with van der Waals surface area (Å²) in [5, 5.41) is 3.76. The second-order valence-corrected chi connectivity index (χ2v) is 11.1. The van der Waals surface area contributed by atoms with Gasteiger partial charge in [0.1, 0.15) is 12.6 Å². The SMILES string of the molecule is CC[C@@H](C)NC(=O)[C@H](C)N(Cc1cccc(Cl)c1)C(=O)CN(c1ccc(C)c(Cl)c1)S(C)(=O)=O. The smallest absolute Gasteiger partial charge is 0.244 e. The van der Waals surface area contributed by atoms with E-state index in [1.165, 1.54) is 11.0 Å². The molecule has 34 heavy (non-hydrogen) atoms. The van der Waals surface area contributed by atoms with Crippen molar-refractivity contribution in [2.75, 3.05) is 17.1 Å². The van der Waals surface area contributed by atoms with Crippen molar-refractivity contribution in [1.29, 1.82) is 0 Å². The first kappa shape index (κ1) is 28.0. The molecule has 1 N–H and O–H groups in total. The van der Waals surface area contributed by atoms with Gasteiger partial charge in [-0.05, 0) is 62.6 Å². The minimum Gasteiger partial charge on any atom is -0.352 e. The van der Waals surface area contributed by atoms with Crippen molar-refractivity contribution in [1.82, 2.24) is 10.2 Å². The van der Waals surface area contributed by atoms with E-state index in [-0.39, 0.29) is 24.2 Å². The van der Waals surface area contributed by atoms with E-state index >= 15 is 0 Å². The number of aryl methyl sites for hydroxylation is 1. The Labute approximate surface area is 212 Å². The molecule has 10 heteroatoms. The number of nitrogens with zero attached hydrogens (tertiary/aromatic N) is 2. The molecule has 7 nitrogen and oxygen atoms in total. The van der Waals surface area contributed by atoms with Crippen LogP contribution in [-0.4, -0.2) is 50.0 Å². The van der Waals surface area contributed by atoms with Crippen LogP contribution in [0, 0.1) is 6.92 Å². The molecule has 2 aromatic rings. The molecule has 0 spiro atoms. The molecular weight excluding hydrogens is 497 g/mol. The zero-order valence-corrected chi connectivity index (χ0v) is 22.3. The summed E-state index contributed by atoms with van der Waals surface area (Å²) in [5.41, 5.74) is 1.77. The Morgan fingerprint density at radius 3 is 2.32 bits per heavy atom. The molecule has 0 bridgehead atoms. The topological polar surface area (TPSA) is 86.8 Å². The molecule has 2 rings (SSSR count). The number of nitrogens with one attached hydrogen (secondary N) is 1. The predicted octanol–water partition coefficient (Wildman–Crippen LogP) is 4.40. The number of benzene rings is 2. The van der Waals surface area contributed by atoms with E-state index in [0.29, 0.717) is 15.6 Å². The van der Waals surface area contributed by atoms with Crippen LogP contribution >= 0.6 is 23.2 Å². The summed E-state index contributed by atoms with van der Waals surface area (Å²) in [5.74, 6) is -0.858. The number of amides is 2. The Kier molecular flexibility index (Phi) is 9.79. The van der Waals surface area contributed by atoms with Gasteiger partial charge in [-0.2, -0.15) is 0 Å². The second-order valence-electron chi connectivity index (χ2n) is 8.35. The zero-order valence-electron chi connectivity index (χ0n) is 20.0. The molecule has 0 radical (unpaired) electrons. The van der Waals surface area contributed by atoms with Gasteiger partial charge in [0, 0.05) is 22.6 Å². The van der Waals surface area contributed by atoms with Crippen molar-refractivity contribution < 1.29 is 18.0 Å². The zero-order chi connectivity index (χ0) is 25.6. The normalized spacial score (nSPS) is 13.1. The first-order valence-corrected chi connectivity index (χ1v) is 13.5. The number of halogens is 2. The third kappa shape index (κ3) is 7.61. The minimum atomic E-state index is -3.82. The van der Waals surface area contributed by atoms with Crippen LogP contribution in [0.15, 0.2) is 42.5 Å². The molecule has 2 amide bonds. The van der Waals surface area contributed by atoms with Gasteiger partial charge in [-0.25, -0.2) is 8.42 Å². The molecule has 2 aromatic carbocycles. The highest BCUT2D eigenvalue weighted by Gasteiger charge is 2.30. The van der Waals surface area contributed by atoms with E-state index in [9.17, 15) is 18.0 Å². The predicted molar refractivity (Wildman–Crippen MR) is 138 cm³/mol. The lowest BCUT2D eigenvalue weighted by atomic mass is 10.1. The Hall–Kier alpha value is -2.29. The number of anilines is 1. The lowest BCUT2D eigenvalue weighted by Gasteiger charge is -2.32. The Morgan fingerprint density at radius 2 is 1.76 bits per heavy atom. The van der Waals surface area contributed by atoms with E-state index in [2.05, 4.69) is 5.32 Å². The first-order valence-electron chi connectivity index (χ1n) is 10.9. The minimum absolute atomic E-state index is 0.0692. The molecule has 0 heterocycles. The summed E-state index contributed by atoms with van der Waals surface area (Å²) < 4.78 is 26.2. The van der Waals surface area contributed by atoms with Crippen molar-refractivity contribution >= 4 is 50.7 Å². The van der Waals surface area contributed by atoms with Gasteiger partial charge >= 0.3 is 0 Å². The molecule has 0 unspecified atom stereocenters. The van der Waals surface area contributed by atoms with Gasteiger partial charge in [-0.1, -0.05) is 48.3 Å². The molecular formula is C24H31Cl2N3O4S. The number of carbonyl (C=O) groups excluding carboxylic acids is 2. The number of hydrogen-bond donors (Lipinski definition) is 1. The maximum absolute atomic E-state index is 13.5. The van der Waals surface area contributed by atoms with Crippen LogP contribution in [0.1, 0.15) is 38.3 Å². The maximum Gasteiger partial charge on any atom is 0.244 e. The third-order valence-electron chi connectivity index (χ3n) is 5.53. The van der Waals surface area contributed by atoms with Crippen LogP contribution in [0.25, 0.3) is 0 Å². The van der Waals surface area contributed by atoms with Crippen molar-refractivity contribution in [2.24, 2.45) is 0 Å². The third-order valence-corrected chi connectivity index (χ3v) is 7.32. The van der Waals surface area contributed by atoms with Gasteiger partial charge < -0.3 is 10.2 Å². The van der Waals surface area contributed by atoms with E-state index in [4.69, 9.17) is 23.2 Å². The Bertz CT molecular complexity index is 1140. The van der Waals surface area contributed by atoms with Gasteiger partial charge in [-0.3, -0.25) is 13.9 Å². The van der Waals surface area contributed by atoms with Crippen LogP contribution in [-0.2, 0) is 26.2 Å². The molecule has 186 valence electrons. The van der Waals surface area contributed by atoms with Gasteiger partial charge in [0.05, 0.1) is 11.9 Å². The van der Waals surface area contributed by atoms with Crippen LogP contribution in [0.2, 0.25) is 10.0 Å². The van der Waals surface area contributed by atoms with Crippen LogP contribution < -0.4 is 9.62 Å². The van der Waals surface area contributed by atoms with Crippen LogP contribution in [0.4, 0.5) is 5.69 Å². The first-order chi connectivity index (χ1) is 15.8. The average Bonchev–Trinajstić information content (AvgIpc) is 2.76. The monoisotopic (exact) mass is 527 g/mol. The Balaban J connectivity index is 2.41. The van der Waals surface area contributed by atoms with Crippen molar-refractivity contribution in [3.8, 4) is 0 Å². The van der Waals surface area contributed by atoms with E-state index in [0.717, 1.165) is 22.5 Å². The van der Waals surface area contributed by atoms with Crippen molar-refractivity contribution in [3.05, 3.63) is 63.6 Å². The lowest BCUT2D eigenvalue weighted by Crippen LogP contribution is -2.52. The molecule has 0 aliphatic rings. The summed E-state index contributed by atoms with van der Waals surface area (Å²) in [6.07, 6.45) is 1.76. The maximum atomic E-state index is 13.5. The summed E-state index contributed by atoms with van der Waals surface area (Å²) in [6.45, 7) is 6.84. The highest BCUT2D eigenvalue weighted by Crippen LogP contribution is 2.25. The lowest BCUT2D eigenvalue weighted by molar-refractivity contribution is -0.139. The largest absolute Gasteiger partial charge is 0.352 e. The molecule has 0 aliphatic carbocycles. The number of rotatable bonds is 10. The van der Waals surface area contributed by atoms with Crippen molar-refractivity contribution in [2.45, 2.75) is 52.7 Å². The van der Waals surface area contributed by atoms with E-state index in [1.54, 1.807) is 50.2 Å². The fourth-order valence-electron chi connectivity index (χ4n) is 3.23. The second kappa shape index (κ2) is 11.9. The summed E-state index contributed by atoms with van der Waals surface area (Å²) in [6, 6.07) is 10.8. The Morgan fingerprint density at radius 1 is 1.09 bits per heavy atom. The van der Waals surface area contributed by atoms with Gasteiger partial charge in [0.2, 0.25) is 21.8 Å². The van der Waals surface area contributed by atoms with Crippen LogP contribution in [0.5, 0.6) is 0 Å². The van der Waals surface area contributed by atoms with Gasteiger partial charge in [0.15, 0.2) is 0 Å². The summed E-state index contributed by atoms with van der Waals surface area (Å²) in [7, 11) is -3.82. The molecule has 0 saturated heterocycles. The van der Waals surface area contributed by atoms with Gasteiger partial charge in [0.25, 0.3) is 0 Å². The molecule has 0 saturated carbocycles. The molecule has 2 atom stereocenters. The summed E-state index contributed by atoms with van der Waals surface area (Å²) >= 11 is 12.3. The standard InChI is InChI=1S/C24H31Cl2N3O4S/c1-6-17(3)27-24(31)18(4)28(14-19-8-7-9-20(25)12-19)23(30)15-29(34(5,32)33)21-11-10-16(2)22(26)13-21/h7-13,17-18H,6,14-15H2,1-5H3,(H,27,31)/t17-,18+/m1/s1. The number of sulfonamides is 1. The molecule has 0 aromatic heterocycles. The molecule has 0 fully saturated rings.